The first kappa shape index (κ1) is 20.1. The zero-order chi connectivity index (χ0) is 20.7. The molecule has 0 unspecified atom stereocenters. The molecular weight excluding hydrogens is 367 g/mol. The summed E-state index contributed by atoms with van der Waals surface area (Å²) in [6.45, 7) is 2.45. The molecule has 0 bridgehead atoms. The maximum atomic E-state index is 16.8. The SMILES string of the molecule is C[C@]12CCC(=O)C=C1CC[C@H]1[C@@H]3C[C@@H](O)[C@](O)(C(=O)CO)[C@@]3(C)C[C@H](O)[C@@]12F. The highest BCUT2D eigenvalue weighted by molar-refractivity contribution is 5.92. The fraction of sp³-hybridized carbons (Fsp3) is 0.810. The lowest BCUT2D eigenvalue weighted by atomic mass is 9.44. The van der Waals surface area contributed by atoms with Gasteiger partial charge in [-0.1, -0.05) is 19.4 Å². The summed E-state index contributed by atoms with van der Waals surface area (Å²) in [4.78, 5) is 24.3. The molecule has 3 fully saturated rings. The first-order valence-corrected chi connectivity index (χ1v) is 10.1. The van der Waals surface area contributed by atoms with Crippen molar-refractivity contribution in [1.82, 2.24) is 0 Å². The Labute approximate surface area is 163 Å². The number of carbonyl (C=O) groups excluding carboxylic acids is 2. The zero-order valence-corrected chi connectivity index (χ0v) is 16.3. The van der Waals surface area contributed by atoms with Gasteiger partial charge in [0.15, 0.2) is 17.2 Å². The van der Waals surface area contributed by atoms with Crippen LogP contribution in [0.2, 0.25) is 0 Å². The van der Waals surface area contributed by atoms with Crippen LogP contribution in [0.15, 0.2) is 11.6 Å². The van der Waals surface area contributed by atoms with Crippen LogP contribution in [0.25, 0.3) is 0 Å². The number of allylic oxidation sites excluding steroid dienone is 1. The second-order valence-corrected chi connectivity index (χ2v) is 9.72. The topological polar surface area (TPSA) is 115 Å². The number of hydrogen-bond donors (Lipinski definition) is 4. The number of aliphatic hydroxyl groups excluding tert-OH is 3. The number of rotatable bonds is 2. The third-order valence-electron chi connectivity index (χ3n) is 8.83. The summed E-state index contributed by atoms with van der Waals surface area (Å²) in [5, 5.41) is 42.2. The quantitative estimate of drug-likeness (QED) is 0.550. The van der Waals surface area contributed by atoms with Gasteiger partial charge in [0, 0.05) is 23.2 Å². The molecule has 28 heavy (non-hydrogen) atoms. The normalized spacial score (nSPS) is 53.1. The zero-order valence-electron chi connectivity index (χ0n) is 16.3. The van der Waals surface area contributed by atoms with E-state index in [1.807, 2.05) is 0 Å². The van der Waals surface area contributed by atoms with Crippen LogP contribution in [0.3, 0.4) is 0 Å². The van der Waals surface area contributed by atoms with Crippen molar-refractivity contribution in [2.45, 2.75) is 75.9 Å². The van der Waals surface area contributed by atoms with E-state index in [0.717, 1.165) is 5.57 Å². The molecule has 7 heteroatoms. The third-order valence-corrected chi connectivity index (χ3v) is 8.83. The lowest BCUT2D eigenvalue weighted by molar-refractivity contribution is -0.230. The smallest absolute Gasteiger partial charge is 0.192 e. The molecule has 4 aliphatic carbocycles. The van der Waals surface area contributed by atoms with E-state index in [1.165, 1.54) is 6.08 Å². The lowest BCUT2D eigenvalue weighted by Crippen LogP contribution is -2.70. The maximum Gasteiger partial charge on any atom is 0.192 e. The van der Waals surface area contributed by atoms with Gasteiger partial charge in [0.25, 0.3) is 0 Å². The van der Waals surface area contributed by atoms with Crippen molar-refractivity contribution < 1.29 is 34.4 Å². The first-order chi connectivity index (χ1) is 13.0. The van der Waals surface area contributed by atoms with Crippen molar-refractivity contribution in [3.8, 4) is 0 Å². The molecule has 0 amide bonds. The van der Waals surface area contributed by atoms with E-state index >= 15 is 4.39 Å². The molecule has 0 aromatic rings. The van der Waals surface area contributed by atoms with Crippen molar-refractivity contribution in [2.75, 3.05) is 6.61 Å². The van der Waals surface area contributed by atoms with E-state index in [4.69, 9.17) is 0 Å². The number of alkyl halides is 1. The largest absolute Gasteiger partial charge is 0.390 e. The van der Waals surface area contributed by atoms with Crippen LogP contribution in [-0.4, -0.2) is 62.1 Å². The van der Waals surface area contributed by atoms with Gasteiger partial charge in [0.1, 0.15) is 12.3 Å². The van der Waals surface area contributed by atoms with Crippen LogP contribution in [0.1, 0.15) is 52.4 Å². The van der Waals surface area contributed by atoms with Crippen LogP contribution < -0.4 is 0 Å². The second-order valence-electron chi connectivity index (χ2n) is 9.72. The Morgan fingerprint density at radius 3 is 2.54 bits per heavy atom. The molecule has 0 heterocycles. The predicted octanol–water partition coefficient (Wildman–Crippen LogP) is 0.844. The van der Waals surface area contributed by atoms with E-state index in [9.17, 15) is 30.0 Å². The van der Waals surface area contributed by atoms with E-state index < -0.39 is 58.5 Å². The number of carbonyl (C=O) groups is 2. The van der Waals surface area contributed by atoms with E-state index in [-0.39, 0.29) is 25.0 Å². The first-order valence-electron chi connectivity index (χ1n) is 10.1. The number of Topliss-reactive ketones (excluding diaryl/α,β-unsaturated/α-hetero) is 1. The highest BCUT2D eigenvalue weighted by Crippen LogP contribution is 2.70. The molecule has 156 valence electrons. The fourth-order valence-corrected chi connectivity index (χ4v) is 7.21. The molecule has 8 atom stereocenters. The predicted molar refractivity (Wildman–Crippen MR) is 96.9 cm³/mol. The third kappa shape index (κ3) is 2.06. The molecule has 4 rings (SSSR count). The number of fused-ring (bicyclic) bond motifs is 5. The maximum absolute atomic E-state index is 16.8. The van der Waals surface area contributed by atoms with Gasteiger partial charge in [-0.2, -0.15) is 0 Å². The second kappa shape index (κ2) is 5.94. The number of ketones is 2. The minimum atomic E-state index is -2.21. The highest BCUT2D eigenvalue weighted by atomic mass is 19.1. The average molecular weight is 396 g/mol. The van der Waals surface area contributed by atoms with Gasteiger partial charge in [-0.3, -0.25) is 9.59 Å². The van der Waals surface area contributed by atoms with E-state index in [1.54, 1.807) is 13.8 Å². The van der Waals surface area contributed by atoms with Gasteiger partial charge in [0.2, 0.25) is 0 Å². The lowest BCUT2D eigenvalue weighted by Gasteiger charge is -2.63. The molecule has 0 radical (unpaired) electrons. The molecule has 6 nitrogen and oxygen atoms in total. The molecule has 0 aromatic carbocycles. The molecule has 0 saturated heterocycles. The van der Waals surface area contributed by atoms with Crippen LogP contribution in [0.5, 0.6) is 0 Å². The van der Waals surface area contributed by atoms with Crippen LogP contribution >= 0.6 is 0 Å². The molecule has 4 aliphatic rings. The van der Waals surface area contributed by atoms with Gasteiger partial charge in [-0.05, 0) is 44.1 Å². The summed E-state index contributed by atoms with van der Waals surface area (Å²) in [5.74, 6) is -2.10. The van der Waals surface area contributed by atoms with Crippen molar-refractivity contribution >= 4 is 11.6 Å². The molecule has 3 saturated carbocycles. The number of aliphatic hydroxyl groups is 4. The Balaban J connectivity index is 1.83. The molecule has 0 aliphatic heterocycles. The number of hydrogen-bond acceptors (Lipinski definition) is 6. The van der Waals surface area contributed by atoms with Crippen LogP contribution in [0.4, 0.5) is 4.39 Å². The average Bonchev–Trinajstić information content (AvgIpc) is 2.84. The Morgan fingerprint density at radius 2 is 1.89 bits per heavy atom. The van der Waals surface area contributed by atoms with Gasteiger partial charge >= 0.3 is 0 Å². The minimum Gasteiger partial charge on any atom is -0.390 e. The number of halogens is 1. The van der Waals surface area contributed by atoms with Crippen LogP contribution in [0, 0.1) is 22.7 Å². The van der Waals surface area contributed by atoms with Gasteiger partial charge in [-0.25, -0.2) is 4.39 Å². The van der Waals surface area contributed by atoms with Crippen molar-refractivity contribution in [3.05, 3.63) is 11.6 Å². The summed E-state index contributed by atoms with van der Waals surface area (Å²) in [6, 6.07) is 0. The summed E-state index contributed by atoms with van der Waals surface area (Å²) in [5.41, 5.74) is -5.72. The highest BCUT2D eigenvalue weighted by Gasteiger charge is 2.76. The molecule has 4 N–H and O–H groups in total. The van der Waals surface area contributed by atoms with Gasteiger partial charge < -0.3 is 20.4 Å². The summed E-state index contributed by atoms with van der Waals surface area (Å²) < 4.78 is 16.8. The van der Waals surface area contributed by atoms with Crippen molar-refractivity contribution in [1.29, 1.82) is 0 Å². The van der Waals surface area contributed by atoms with E-state index in [0.29, 0.717) is 19.3 Å². The molecular formula is C21H29FO6. The summed E-state index contributed by atoms with van der Waals surface area (Å²) in [6.07, 6.45) is -0.0824. The van der Waals surface area contributed by atoms with Crippen molar-refractivity contribution in [3.63, 3.8) is 0 Å². The van der Waals surface area contributed by atoms with Crippen molar-refractivity contribution in [2.24, 2.45) is 22.7 Å². The van der Waals surface area contributed by atoms with Crippen LogP contribution in [-0.2, 0) is 9.59 Å². The standard InChI is InChI=1S/C21H29FO6/c1-18-6-5-12(24)7-11(18)3-4-13-14-8-15(25)21(28,17(27)10-23)19(14,2)9-16(26)20(13,18)22/h7,13-16,23,25-26,28H,3-6,8-10H2,1-2H3/t13-,14-,15+,16-,18-,19-,20-,21-/m0/s1. The Kier molecular flexibility index (Phi) is 4.27. The monoisotopic (exact) mass is 396 g/mol. The van der Waals surface area contributed by atoms with Gasteiger partial charge in [-0.15, -0.1) is 0 Å². The van der Waals surface area contributed by atoms with Gasteiger partial charge in [0.05, 0.1) is 12.2 Å². The Hall–Kier alpha value is -1.15. The Bertz CT molecular complexity index is 766. The summed E-state index contributed by atoms with van der Waals surface area (Å²) >= 11 is 0. The molecule has 0 aromatic heterocycles. The molecule has 0 spiro atoms. The fourth-order valence-electron chi connectivity index (χ4n) is 7.21. The van der Waals surface area contributed by atoms with E-state index in [2.05, 4.69) is 0 Å². The minimum absolute atomic E-state index is 0.0242. The Morgan fingerprint density at radius 1 is 1.21 bits per heavy atom. The summed E-state index contributed by atoms with van der Waals surface area (Å²) in [7, 11) is 0.